The van der Waals surface area contributed by atoms with Crippen molar-refractivity contribution in [1.29, 1.82) is 0 Å². The lowest BCUT2D eigenvalue weighted by molar-refractivity contribution is -0.115. The zero-order valence-corrected chi connectivity index (χ0v) is 16.7. The first-order valence-electron chi connectivity index (χ1n) is 8.03. The number of carbonyl (C=O) groups is 1. The summed E-state index contributed by atoms with van der Waals surface area (Å²) in [6.07, 6.45) is 0.905. The Labute approximate surface area is 167 Å². The molecule has 0 radical (unpaired) electrons. The molecule has 1 atom stereocenters. The SMILES string of the molecule is C[C@@H](Sc1nnc(NCCc2cccs2)s1)C(=O)Nc1ccc(F)cc1F. The van der Waals surface area contributed by atoms with E-state index >= 15 is 0 Å². The van der Waals surface area contributed by atoms with Gasteiger partial charge in [-0.3, -0.25) is 4.79 Å². The van der Waals surface area contributed by atoms with Crippen molar-refractivity contribution in [2.45, 2.75) is 22.9 Å². The molecule has 0 unspecified atom stereocenters. The highest BCUT2D eigenvalue weighted by Gasteiger charge is 2.18. The first-order chi connectivity index (χ1) is 13.0. The molecule has 0 aliphatic heterocycles. The summed E-state index contributed by atoms with van der Waals surface area (Å²) < 4.78 is 27.2. The number of amides is 1. The highest BCUT2D eigenvalue weighted by molar-refractivity contribution is 8.02. The van der Waals surface area contributed by atoms with Gasteiger partial charge < -0.3 is 10.6 Å². The number of nitrogens with zero attached hydrogens (tertiary/aromatic N) is 2. The van der Waals surface area contributed by atoms with Crippen molar-refractivity contribution < 1.29 is 13.6 Å². The predicted molar refractivity (Wildman–Crippen MR) is 107 cm³/mol. The van der Waals surface area contributed by atoms with E-state index in [1.54, 1.807) is 18.3 Å². The van der Waals surface area contributed by atoms with Crippen molar-refractivity contribution in [3.63, 3.8) is 0 Å². The van der Waals surface area contributed by atoms with Gasteiger partial charge in [-0.2, -0.15) is 0 Å². The standard InChI is InChI=1S/C17H16F2N4OS3/c1-10(15(24)21-14-5-4-11(18)9-13(14)19)26-17-23-22-16(27-17)20-7-6-12-3-2-8-25-12/h2-5,8-10H,6-7H2,1H3,(H,20,22)(H,21,24)/t10-/m1/s1. The highest BCUT2D eigenvalue weighted by atomic mass is 32.2. The minimum absolute atomic E-state index is 0.0537. The number of thiophene rings is 1. The van der Waals surface area contributed by atoms with E-state index in [2.05, 4.69) is 26.9 Å². The number of nitrogens with one attached hydrogen (secondary N) is 2. The molecule has 142 valence electrons. The molecule has 3 rings (SSSR count). The number of benzene rings is 1. The Bertz CT molecular complexity index is 901. The zero-order valence-electron chi connectivity index (χ0n) is 14.2. The van der Waals surface area contributed by atoms with Crippen molar-refractivity contribution in [1.82, 2.24) is 10.2 Å². The van der Waals surface area contributed by atoms with Crippen LogP contribution in [0.5, 0.6) is 0 Å². The third-order valence-electron chi connectivity index (χ3n) is 3.47. The van der Waals surface area contributed by atoms with Gasteiger partial charge in [0.25, 0.3) is 0 Å². The first kappa shape index (κ1) is 19.7. The van der Waals surface area contributed by atoms with Crippen LogP contribution < -0.4 is 10.6 Å². The van der Waals surface area contributed by atoms with Crippen LogP contribution in [0.4, 0.5) is 19.6 Å². The molecule has 27 heavy (non-hydrogen) atoms. The fourth-order valence-corrected chi connectivity index (χ4v) is 4.74. The number of rotatable bonds is 8. The van der Waals surface area contributed by atoms with Crippen molar-refractivity contribution in [2.75, 3.05) is 17.2 Å². The normalized spacial score (nSPS) is 12.0. The second-order valence-electron chi connectivity index (χ2n) is 5.50. The van der Waals surface area contributed by atoms with Gasteiger partial charge in [-0.05, 0) is 36.9 Å². The van der Waals surface area contributed by atoms with Crippen LogP contribution >= 0.6 is 34.4 Å². The Balaban J connectivity index is 1.49. The van der Waals surface area contributed by atoms with Gasteiger partial charge in [0.1, 0.15) is 11.6 Å². The summed E-state index contributed by atoms with van der Waals surface area (Å²) in [4.78, 5) is 13.5. The predicted octanol–water partition coefficient (Wildman–Crippen LogP) is 4.65. The lowest BCUT2D eigenvalue weighted by Crippen LogP contribution is -2.22. The monoisotopic (exact) mass is 426 g/mol. The van der Waals surface area contributed by atoms with Gasteiger partial charge in [0, 0.05) is 17.5 Å². The van der Waals surface area contributed by atoms with Crippen LogP contribution in [0.1, 0.15) is 11.8 Å². The van der Waals surface area contributed by atoms with Gasteiger partial charge in [0.05, 0.1) is 10.9 Å². The summed E-state index contributed by atoms with van der Waals surface area (Å²) in [5.74, 6) is -1.90. The van der Waals surface area contributed by atoms with Gasteiger partial charge in [-0.15, -0.1) is 21.5 Å². The van der Waals surface area contributed by atoms with E-state index in [9.17, 15) is 13.6 Å². The maximum Gasteiger partial charge on any atom is 0.237 e. The summed E-state index contributed by atoms with van der Waals surface area (Å²) in [5, 5.41) is 16.0. The van der Waals surface area contributed by atoms with Crippen LogP contribution in [0.15, 0.2) is 40.1 Å². The largest absolute Gasteiger partial charge is 0.360 e. The van der Waals surface area contributed by atoms with E-state index in [0.29, 0.717) is 9.47 Å². The third kappa shape index (κ3) is 5.72. The van der Waals surface area contributed by atoms with Gasteiger partial charge >= 0.3 is 0 Å². The Morgan fingerprint density at radius 1 is 1.30 bits per heavy atom. The van der Waals surface area contributed by atoms with Crippen molar-refractivity contribution in [2.24, 2.45) is 0 Å². The molecule has 0 saturated heterocycles. The Kier molecular flexibility index (Phi) is 6.75. The molecule has 5 nitrogen and oxygen atoms in total. The van der Waals surface area contributed by atoms with E-state index < -0.39 is 22.8 Å². The van der Waals surface area contributed by atoms with Crippen LogP contribution in [0.2, 0.25) is 0 Å². The molecule has 0 bridgehead atoms. The molecule has 0 fully saturated rings. The van der Waals surface area contributed by atoms with Crippen LogP contribution in [0.25, 0.3) is 0 Å². The molecule has 3 aromatic rings. The molecule has 2 heterocycles. The zero-order chi connectivity index (χ0) is 19.2. The average molecular weight is 427 g/mol. The third-order valence-corrected chi connectivity index (χ3v) is 6.47. The van der Waals surface area contributed by atoms with E-state index in [4.69, 9.17) is 0 Å². The topological polar surface area (TPSA) is 66.9 Å². The van der Waals surface area contributed by atoms with E-state index in [0.717, 1.165) is 25.1 Å². The molecule has 0 spiro atoms. The molecular formula is C17H16F2N4OS3. The van der Waals surface area contributed by atoms with Crippen LogP contribution in [0, 0.1) is 11.6 Å². The molecule has 10 heteroatoms. The van der Waals surface area contributed by atoms with Crippen LogP contribution in [0.3, 0.4) is 0 Å². The summed E-state index contributed by atoms with van der Waals surface area (Å²) in [5.41, 5.74) is -0.0537. The lowest BCUT2D eigenvalue weighted by atomic mass is 10.3. The number of aromatic nitrogens is 2. The Morgan fingerprint density at radius 3 is 2.89 bits per heavy atom. The van der Waals surface area contributed by atoms with Crippen LogP contribution in [-0.2, 0) is 11.2 Å². The molecule has 1 aromatic carbocycles. The molecule has 0 saturated carbocycles. The smallest absolute Gasteiger partial charge is 0.237 e. The Hall–Kier alpha value is -2.04. The number of carbonyl (C=O) groups excluding carboxylic acids is 1. The van der Waals surface area contributed by atoms with Gasteiger partial charge in [-0.1, -0.05) is 29.2 Å². The van der Waals surface area contributed by atoms with E-state index in [1.165, 1.54) is 34.0 Å². The van der Waals surface area contributed by atoms with Gasteiger partial charge in [0.2, 0.25) is 11.0 Å². The minimum atomic E-state index is -0.811. The number of thioether (sulfide) groups is 1. The van der Waals surface area contributed by atoms with E-state index in [1.807, 2.05) is 11.4 Å². The molecular weight excluding hydrogens is 410 g/mol. The first-order valence-corrected chi connectivity index (χ1v) is 10.6. The van der Waals surface area contributed by atoms with Crippen molar-refractivity contribution >= 4 is 51.2 Å². The van der Waals surface area contributed by atoms with E-state index in [-0.39, 0.29) is 5.69 Å². The number of anilines is 2. The van der Waals surface area contributed by atoms with Gasteiger partial charge in [-0.25, -0.2) is 8.78 Å². The Morgan fingerprint density at radius 2 is 2.15 bits per heavy atom. The summed E-state index contributed by atoms with van der Waals surface area (Å²) in [7, 11) is 0. The van der Waals surface area contributed by atoms with Crippen molar-refractivity contribution in [3.05, 3.63) is 52.2 Å². The number of hydrogen-bond acceptors (Lipinski definition) is 7. The lowest BCUT2D eigenvalue weighted by Gasteiger charge is -2.10. The summed E-state index contributed by atoms with van der Waals surface area (Å²) in [6.45, 7) is 2.44. The molecule has 0 aliphatic carbocycles. The maximum atomic E-state index is 13.6. The number of hydrogen-bond donors (Lipinski definition) is 2. The average Bonchev–Trinajstić information content (AvgIpc) is 3.29. The fourth-order valence-electron chi connectivity index (χ4n) is 2.11. The maximum absolute atomic E-state index is 13.6. The fraction of sp³-hybridized carbons (Fsp3) is 0.235. The molecule has 2 aromatic heterocycles. The molecule has 2 N–H and O–H groups in total. The second kappa shape index (κ2) is 9.25. The highest BCUT2D eigenvalue weighted by Crippen LogP contribution is 2.29. The summed E-state index contributed by atoms with van der Waals surface area (Å²) in [6, 6.07) is 7.12. The summed E-state index contributed by atoms with van der Waals surface area (Å²) >= 11 is 4.30. The molecule has 0 aliphatic rings. The second-order valence-corrected chi connectivity index (χ2v) is 9.10. The van der Waals surface area contributed by atoms with Gasteiger partial charge in [0.15, 0.2) is 4.34 Å². The van der Waals surface area contributed by atoms with Crippen molar-refractivity contribution in [3.8, 4) is 0 Å². The number of halogens is 2. The van der Waals surface area contributed by atoms with Crippen LogP contribution in [-0.4, -0.2) is 27.9 Å². The molecule has 1 amide bonds. The minimum Gasteiger partial charge on any atom is -0.360 e. The quantitative estimate of drug-likeness (QED) is 0.513.